The third-order valence-corrected chi connectivity index (χ3v) is 6.20. The number of benzene rings is 2. The number of amides is 4. The zero-order valence-electron chi connectivity index (χ0n) is 17.8. The maximum absolute atomic E-state index is 13.6. The first-order valence-corrected chi connectivity index (χ1v) is 11.0. The van der Waals surface area contributed by atoms with Crippen molar-refractivity contribution in [3.05, 3.63) is 75.9 Å². The molecule has 1 saturated heterocycles. The fourth-order valence-corrected chi connectivity index (χ4v) is 4.19. The molecule has 174 valence electrons. The first kappa shape index (κ1) is 23.0. The first-order chi connectivity index (χ1) is 15.9. The van der Waals surface area contributed by atoms with E-state index in [2.05, 4.69) is 16.2 Å². The van der Waals surface area contributed by atoms with Gasteiger partial charge in [-0.15, -0.1) is 0 Å². The topological polar surface area (TPSA) is 76.7 Å². The van der Waals surface area contributed by atoms with Crippen LogP contribution in [0.2, 0.25) is 5.02 Å². The summed E-state index contributed by atoms with van der Waals surface area (Å²) in [6, 6.07) is 8.21. The Morgan fingerprint density at radius 2 is 2.00 bits per heavy atom. The number of nitrogens with one attached hydrogen (secondary N) is 3. The highest BCUT2D eigenvalue weighted by Gasteiger charge is 2.29. The molecule has 0 spiro atoms. The van der Waals surface area contributed by atoms with Crippen LogP contribution in [0, 0.1) is 11.6 Å². The van der Waals surface area contributed by atoms with Gasteiger partial charge in [-0.3, -0.25) is 10.3 Å². The SMILES string of the molecule is O=C(NNC[C@@H]1CCCN1C(=O)NCc1cccc(F)c1Cl)N1C=Cc2cc(F)ccc2C1. The van der Waals surface area contributed by atoms with E-state index in [0.29, 0.717) is 25.2 Å². The Bertz CT molecular complexity index is 1080. The third kappa shape index (κ3) is 5.43. The van der Waals surface area contributed by atoms with Gasteiger partial charge in [0.1, 0.15) is 11.6 Å². The van der Waals surface area contributed by atoms with E-state index in [1.54, 1.807) is 35.4 Å². The van der Waals surface area contributed by atoms with Crippen LogP contribution in [0.5, 0.6) is 0 Å². The van der Waals surface area contributed by atoms with Crippen molar-refractivity contribution < 1.29 is 18.4 Å². The Morgan fingerprint density at radius 1 is 1.15 bits per heavy atom. The lowest BCUT2D eigenvalue weighted by Crippen LogP contribution is -2.51. The number of carbonyl (C=O) groups is 2. The van der Waals surface area contributed by atoms with Crippen molar-refractivity contribution >= 4 is 29.7 Å². The molecule has 0 unspecified atom stereocenters. The summed E-state index contributed by atoms with van der Waals surface area (Å²) in [6.45, 7) is 1.42. The van der Waals surface area contributed by atoms with Crippen LogP contribution < -0.4 is 16.2 Å². The van der Waals surface area contributed by atoms with Crippen LogP contribution >= 0.6 is 11.6 Å². The molecule has 7 nitrogen and oxygen atoms in total. The molecule has 2 aromatic carbocycles. The van der Waals surface area contributed by atoms with Gasteiger partial charge in [0.25, 0.3) is 0 Å². The Morgan fingerprint density at radius 3 is 2.85 bits per heavy atom. The van der Waals surface area contributed by atoms with E-state index in [1.165, 1.54) is 23.1 Å². The molecule has 2 aliphatic rings. The zero-order valence-corrected chi connectivity index (χ0v) is 18.5. The maximum atomic E-state index is 13.6. The molecule has 4 rings (SSSR count). The number of likely N-dealkylation sites (tertiary alicyclic amines) is 1. The zero-order chi connectivity index (χ0) is 23.4. The van der Waals surface area contributed by atoms with Gasteiger partial charge in [0, 0.05) is 31.9 Å². The second kappa shape index (κ2) is 10.2. The highest BCUT2D eigenvalue weighted by Crippen LogP contribution is 2.22. The second-order valence-corrected chi connectivity index (χ2v) is 8.34. The molecule has 2 aromatic rings. The van der Waals surface area contributed by atoms with E-state index in [1.807, 2.05) is 0 Å². The maximum Gasteiger partial charge on any atom is 0.336 e. The van der Waals surface area contributed by atoms with E-state index in [4.69, 9.17) is 11.6 Å². The summed E-state index contributed by atoms with van der Waals surface area (Å²) in [6.07, 6.45) is 4.93. The summed E-state index contributed by atoms with van der Waals surface area (Å²) in [7, 11) is 0. The molecule has 33 heavy (non-hydrogen) atoms. The number of hydrogen-bond donors (Lipinski definition) is 3. The summed E-state index contributed by atoms with van der Waals surface area (Å²) in [5.74, 6) is -0.844. The Hall–Kier alpha value is -3.17. The van der Waals surface area contributed by atoms with Crippen molar-refractivity contribution in [2.24, 2.45) is 0 Å². The van der Waals surface area contributed by atoms with Crippen molar-refractivity contribution in [2.75, 3.05) is 13.1 Å². The smallest absolute Gasteiger partial charge is 0.334 e. The van der Waals surface area contributed by atoms with Crippen molar-refractivity contribution in [1.29, 1.82) is 0 Å². The fourth-order valence-electron chi connectivity index (χ4n) is 4.00. The summed E-state index contributed by atoms with van der Waals surface area (Å²) < 4.78 is 26.9. The van der Waals surface area contributed by atoms with Gasteiger partial charge >= 0.3 is 12.1 Å². The normalized spacial score (nSPS) is 17.1. The molecule has 0 aromatic heterocycles. The molecule has 0 bridgehead atoms. The lowest BCUT2D eigenvalue weighted by atomic mass is 10.0. The molecular weight excluding hydrogens is 452 g/mol. The van der Waals surface area contributed by atoms with Crippen LogP contribution in [0.1, 0.15) is 29.5 Å². The number of fused-ring (bicyclic) bond motifs is 1. The van der Waals surface area contributed by atoms with E-state index in [9.17, 15) is 18.4 Å². The lowest BCUT2D eigenvalue weighted by Gasteiger charge is -2.27. The fraction of sp³-hybridized carbons (Fsp3) is 0.304. The van der Waals surface area contributed by atoms with Crippen LogP contribution in [-0.4, -0.2) is 41.0 Å². The molecule has 2 aliphatic heterocycles. The standard InChI is InChI=1S/C23H24ClF2N5O2/c24-21-16(3-1-5-20(21)26)12-27-22(32)31-9-2-4-19(31)13-28-29-23(33)30-10-8-15-11-18(25)7-6-17(15)14-30/h1,3,5-8,10-11,19,28H,2,4,9,12-14H2,(H,27,32)(H,29,33)/t19-/m0/s1. The molecule has 1 atom stereocenters. The van der Waals surface area contributed by atoms with Crippen LogP contribution in [0.4, 0.5) is 18.4 Å². The number of urea groups is 2. The van der Waals surface area contributed by atoms with Crippen LogP contribution in [-0.2, 0) is 13.1 Å². The van der Waals surface area contributed by atoms with E-state index in [-0.39, 0.29) is 35.5 Å². The third-order valence-electron chi connectivity index (χ3n) is 5.78. The van der Waals surface area contributed by atoms with Gasteiger partial charge in [0.2, 0.25) is 0 Å². The second-order valence-electron chi connectivity index (χ2n) is 7.96. The number of carbonyl (C=O) groups excluding carboxylic acids is 2. The van der Waals surface area contributed by atoms with Crippen molar-refractivity contribution in [3.8, 4) is 0 Å². The molecule has 2 heterocycles. The van der Waals surface area contributed by atoms with E-state index < -0.39 is 5.82 Å². The van der Waals surface area contributed by atoms with E-state index in [0.717, 1.165) is 24.0 Å². The first-order valence-electron chi connectivity index (χ1n) is 10.7. The van der Waals surface area contributed by atoms with Gasteiger partial charge in [-0.2, -0.15) is 0 Å². The van der Waals surface area contributed by atoms with Crippen molar-refractivity contribution in [3.63, 3.8) is 0 Å². The van der Waals surface area contributed by atoms with Crippen molar-refractivity contribution in [1.82, 2.24) is 26.0 Å². The summed E-state index contributed by atoms with van der Waals surface area (Å²) in [5, 5.41) is 2.78. The van der Waals surface area contributed by atoms with Crippen LogP contribution in [0.25, 0.3) is 6.08 Å². The minimum Gasteiger partial charge on any atom is -0.334 e. The Balaban J connectivity index is 1.24. The number of rotatable bonds is 5. The molecule has 0 radical (unpaired) electrons. The largest absolute Gasteiger partial charge is 0.336 e. The van der Waals surface area contributed by atoms with Gasteiger partial charge < -0.3 is 10.2 Å². The predicted octanol–water partition coefficient (Wildman–Crippen LogP) is 3.99. The van der Waals surface area contributed by atoms with Gasteiger partial charge in [-0.1, -0.05) is 29.8 Å². The molecule has 3 N–H and O–H groups in total. The number of halogens is 3. The molecule has 0 aliphatic carbocycles. The van der Waals surface area contributed by atoms with Crippen LogP contribution in [0.15, 0.2) is 42.6 Å². The summed E-state index contributed by atoms with van der Waals surface area (Å²) in [5.41, 5.74) is 7.66. The number of hydrogen-bond acceptors (Lipinski definition) is 3. The Kier molecular flexibility index (Phi) is 7.10. The van der Waals surface area contributed by atoms with E-state index >= 15 is 0 Å². The van der Waals surface area contributed by atoms with Crippen molar-refractivity contribution in [2.45, 2.75) is 32.0 Å². The summed E-state index contributed by atoms with van der Waals surface area (Å²) >= 11 is 5.95. The lowest BCUT2D eigenvalue weighted by molar-refractivity contribution is 0.187. The Labute approximate surface area is 195 Å². The quantitative estimate of drug-likeness (QED) is 0.572. The average molecular weight is 476 g/mol. The van der Waals surface area contributed by atoms with Gasteiger partial charge in [0.15, 0.2) is 0 Å². The summed E-state index contributed by atoms with van der Waals surface area (Å²) in [4.78, 5) is 28.3. The predicted molar refractivity (Wildman–Crippen MR) is 121 cm³/mol. The average Bonchev–Trinajstić information content (AvgIpc) is 3.28. The highest BCUT2D eigenvalue weighted by molar-refractivity contribution is 6.31. The number of nitrogens with zero attached hydrogens (tertiary/aromatic N) is 2. The van der Waals surface area contributed by atoms with Gasteiger partial charge in [-0.05, 0) is 53.8 Å². The monoisotopic (exact) mass is 475 g/mol. The number of hydrazine groups is 1. The molecule has 10 heteroatoms. The molecule has 1 fully saturated rings. The van der Waals surface area contributed by atoms with Crippen LogP contribution in [0.3, 0.4) is 0 Å². The molecular formula is C23H24ClF2N5O2. The highest BCUT2D eigenvalue weighted by atomic mass is 35.5. The van der Waals surface area contributed by atoms with Gasteiger partial charge in [-0.25, -0.2) is 23.8 Å². The molecule has 0 saturated carbocycles. The van der Waals surface area contributed by atoms with Gasteiger partial charge in [0.05, 0.1) is 11.6 Å². The minimum atomic E-state index is -0.526. The molecule has 4 amide bonds. The minimum absolute atomic E-state index is 0.000304.